The van der Waals surface area contributed by atoms with Crippen molar-refractivity contribution in [3.63, 3.8) is 0 Å². The Balaban J connectivity index is -0.000000361. The Bertz CT molecular complexity index is 593. The predicted molar refractivity (Wildman–Crippen MR) is 85.2 cm³/mol. The minimum atomic E-state index is -4.67. The van der Waals surface area contributed by atoms with Crippen LogP contribution in [-0.2, 0) is 20.8 Å². The maximum atomic E-state index is 8.74. The van der Waals surface area contributed by atoms with Crippen LogP contribution in [0.3, 0.4) is 0 Å². The van der Waals surface area contributed by atoms with Crippen molar-refractivity contribution in [3.8, 4) is 0 Å². The van der Waals surface area contributed by atoms with Crippen LogP contribution < -0.4 is 11.5 Å². The highest BCUT2D eigenvalue weighted by atomic mass is 32.3. The van der Waals surface area contributed by atoms with Gasteiger partial charge in [0, 0.05) is 0 Å². The topological polar surface area (TPSA) is 274 Å². The first-order chi connectivity index (χ1) is 10.1. The van der Waals surface area contributed by atoms with E-state index in [2.05, 4.69) is 10.2 Å². The normalized spacial score (nSPS) is 12.5. The molecule has 0 spiro atoms. The van der Waals surface area contributed by atoms with Crippen molar-refractivity contribution < 1.29 is 35.0 Å². The lowest BCUT2D eigenvalue weighted by atomic mass is 10.1. The zero-order valence-corrected chi connectivity index (χ0v) is 14.9. The van der Waals surface area contributed by atoms with E-state index in [4.69, 9.17) is 57.3 Å². The molecule has 144 valence electrons. The average Bonchev–Trinajstić information content (AvgIpc) is 2.21. The summed E-state index contributed by atoms with van der Waals surface area (Å²) in [6.07, 6.45) is 0. The van der Waals surface area contributed by atoms with Crippen LogP contribution in [0, 0.1) is 10.8 Å². The quantitative estimate of drug-likeness (QED) is 0.132. The summed E-state index contributed by atoms with van der Waals surface area (Å²) in [5.41, 5.74) is 8.96. The molecule has 0 atom stereocenters. The molecule has 0 bridgehead atoms. The van der Waals surface area contributed by atoms with Gasteiger partial charge in [-0.05, 0) is 27.7 Å². The lowest BCUT2D eigenvalue weighted by Crippen LogP contribution is -2.38. The van der Waals surface area contributed by atoms with Gasteiger partial charge in [0.1, 0.15) is 22.7 Å². The third-order valence-corrected chi connectivity index (χ3v) is 1.87. The molecule has 0 aliphatic carbocycles. The molecule has 10 N–H and O–H groups in total. The highest BCUT2D eigenvalue weighted by Crippen LogP contribution is 2.15. The number of hydrogen-bond donors (Lipinski definition) is 8. The Labute approximate surface area is 139 Å². The molecule has 24 heavy (non-hydrogen) atoms. The molecule has 0 radical (unpaired) electrons. The molecule has 16 heteroatoms. The Hall–Kier alpha value is -1.72. The van der Waals surface area contributed by atoms with Crippen molar-refractivity contribution in [2.75, 3.05) is 0 Å². The molecular weight excluding hydrogens is 372 g/mol. The van der Waals surface area contributed by atoms with Crippen LogP contribution in [-0.4, -0.2) is 57.8 Å². The zero-order chi connectivity index (χ0) is 20.6. The predicted octanol–water partition coefficient (Wildman–Crippen LogP) is -0.438. The lowest BCUT2D eigenvalue weighted by molar-refractivity contribution is 0.378. The van der Waals surface area contributed by atoms with E-state index in [1.54, 1.807) is 27.7 Å². The highest BCUT2D eigenvalue weighted by molar-refractivity contribution is 7.80. The Morgan fingerprint density at radius 2 is 0.875 bits per heavy atom. The monoisotopic (exact) mass is 394 g/mol. The zero-order valence-electron chi connectivity index (χ0n) is 13.3. The van der Waals surface area contributed by atoms with E-state index in [1.165, 1.54) is 0 Å². The molecule has 0 heterocycles. The molecular formula is C8H22N6O8S2. The van der Waals surface area contributed by atoms with Crippen molar-refractivity contribution in [1.82, 2.24) is 0 Å². The van der Waals surface area contributed by atoms with Gasteiger partial charge in [0.25, 0.3) is 0 Å². The summed E-state index contributed by atoms with van der Waals surface area (Å²) < 4.78 is 63.2. The smallest absolute Gasteiger partial charge is 0.386 e. The second-order valence-corrected chi connectivity index (χ2v) is 6.83. The van der Waals surface area contributed by atoms with Gasteiger partial charge in [-0.15, -0.1) is 0 Å². The summed E-state index contributed by atoms with van der Waals surface area (Å²) in [5.74, 6) is -0.138. The first-order valence-electron chi connectivity index (χ1n) is 5.62. The van der Waals surface area contributed by atoms with Gasteiger partial charge in [0.15, 0.2) is 0 Å². The fraction of sp³-hybridized carbons (Fsp3) is 0.750. The highest BCUT2D eigenvalue weighted by Gasteiger charge is 2.25. The second kappa shape index (κ2) is 9.55. The Morgan fingerprint density at radius 3 is 0.958 bits per heavy atom. The van der Waals surface area contributed by atoms with Gasteiger partial charge in [-0.3, -0.25) is 29.0 Å². The molecule has 0 aromatic rings. The van der Waals surface area contributed by atoms with Gasteiger partial charge < -0.3 is 11.5 Å². The van der Waals surface area contributed by atoms with E-state index in [0.717, 1.165) is 0 Å². The van der Waals surface area contributed by atoms with Gasteiger partial charge in [-0.1, -0.05) is 0 Å². The number of rotatable bonds is 4. The van der Waals surface area contributed by atoms with Crippen LogP contribution in [0.15, 0.2) is 10.2 Å². The van der Waals surface area contributed by atoms with Crippen LogP contribution in [0.5, 0.6) is 0 Å². The summed E-state index contributed by atoms with van der Waals surface area (Å²) >= 11 is 0. The molecule has 0 saturated carbocycles. The SMILES string of the molecule is CC(C)(N=NC(C)(C)C(=N)N)C(=N)N.O=S(=O)(O)O.O=S(=O)(O)O. The minimum Gasteiger partial charge on any atom is -0.386 e. The molecule has 0 aliphatic heterocycles. The third-order valence-electron chi connectivity index (χ3n) is 1.87. The fourth-order valence-electron chi connectivity index (χ4n) is 0.358. The van der Waals surface area contributed by atoms with E-state index in [0.29, 0.717) is 0 Å². The molecule has 14 nitrogen and oxygen atoms in total. The average molecular weight is 394 g/mol. The number of hydrogen-bond acceptors (Lipinski definition) is 8. The summed E-state index contributed by atoms with van der Waals surface area (Å²) in [4.78, 5) is 0. The number of amidine groups is 2. The molecule has 0 aromatic carbocycles. The van der Waals surface area contributed by atoms with Crippen LogP contribution in [0.4, 0.5) is 0 Å². The van der Waals surface area contributed by atoms with Crippen molar-refractivity contribution >= 4 is 32.5 Å². The van der Waals surface area contributed by atoms with Crippen LogP contribution >= 0.6 is 0 Å². The molecule has 0 rings (SSSR count). The van der Waals surface area contributed by atoms with E-state index < -0.39 is 31.9 Å². The Morgan fingerprint density at radius 1 is 0.750 bits per heavy atom. The first kappa shape index (κ1) is 27.1. The van der Waals surface area contributed by atoms with E-state index in [9.17, 15) is 0 Å². The summed E-state index contributed by atoms with van der Waals surface area (Å²) in [6.45, 7) is 6.70. The van der Waals surface area contributed by atoms with Crippen molar-refractivity contribution in [3.05, 3.63) is 0 Å². The molecule has 0 fully saturated rings. The lowest BCUT2D eigenvalue weighted by Gasteiger charge is -2.20. The van der Waals surface area contributed by atoms with E-state index in [1.807, 2.05) is 0 Å². The summed E-state index contributed by atoms with van der Waals surface area (Å²) in [5, 5.41) is 22.3. The molecule has 0 aliphatic rings. The van der Waals surface area contributed by atoms with E-state index >= 15 is 0 Å². The van der Waals surface area contributed by atoms with Crippen LogP contribution in [0.2, 0.25) is 0 Å². The van der Waals surface area contributed by atoms with Crippen molar-refractivity contribution in [2.45, 2.75) is 38.8 Å². The van der Waals surface area contributed by atoms with Crippen molar-refractivity contribution in [1.29, 1.82) is 10.8 Å². The Kier molecular flexibility index (Phi) is 10.8. The van der Waals surface area contributed by atoms with Gasteiger partial charge in [0.2, 0.25) is 0 Å². The molecule has 0 saturated heterocycles. The van der Waals surface area contributed by atoms with Crippen LogP contribution in [0.1, 0.15) is 27.7 Å². The largest absolute Gasteiger partial charge is 0.394 e. The first-order valence-corrected chi connectivity index (χ1v) is 8.42. The number of azo groups is 1. The van der Waals surface area contributed by atoms with Gasteiger partial charge >= 0.3 is 20.8 Å². The van der Waals surface area contributed by atoms with E-state index in [-0.39, 0.29) is 11.7 Å². The fourth-order valence-corrected chi connectivity index (χ4v) is 0.358. The number of nitrogens with zero attached hydrogens (tertiary/aromatic N) is 2. The van der Waals surface area contributed by atoms with Gasteiger partial charge in [-0.2, -0.15) is 27.1 Å². The molecule has 0 aromatic heterocycles. The minimum absolute atomic E-state index is 0.0689. The van der Waals surface area contributed by atoms with Gasteiger partial charge in [-0.25, -0.2) is 0 Å². The maximum Gasteiger partial charge on any atom is 0.394 e. The molecule has 0 unspecified atom stereocenters. The standard InChI is InChI=1S/C8H18N6.2H2O4S/c1-7(2,5(9)10)13-14-8(3,4)6(11)12;2*1-5(2,3)4/h1-4H3,(H3,9,10)(H3,11,12);2*(H2,1,2,3,4). The number of nitrogens with one attached hydrogen (secondary N) is 2. The van der Waals surface area contributed by atoms with Crippen LogP contribution in [0.25, 0.3) is 0 Å². The third kappa shape index (κ3) is 25.2. The summed E-state index contributed by atoms with van der Waals surface area (Å²) in [7, 11) is -9.33. The second-order valence-electron chi connectivity index (χ2n) is 5.04. The van der Waals surface area contributed by atoms with Gasteiger partial charge in [0.05, 0.1) is 0 Å². The van der Waals surface area contributed by atoms with Crippen molar-refractivity contribution in [2.24, 2.45) is 21.7 Å². The molecule has 0 amide bonds. The maximum absolute atomic E-state index is 8.74. The summed E-state index contributed by atoms with van der Waals surface area (Å²) in [6, 6.07) is 0. The number of nitrogens with two attached hydrogens (primary N) is 2.